The van der Waals surface area contributed by atoms with Crippen molar-refractivity contribution in [3.8, 4) is 0 Å². The van der Waals surface area contributed by atoms with E-state index in [9.17, 15) is 9.18 Å². The molecule has 0 saturated carbocycles. The molecule has 0 unspecified atom stereocenters. The molecule has 0 spiro atoms. The Bertz CT molecular complexity index is 766. The molecular formula is C17H18FN5O. The zero-order valence-electron chi connectivity index (χ0n) is 13.4. The fourth-order valence-corrected chi connectivity index (χ4v) is 3.60. The molecule has 6 nitrogen and oxygen atoms in total. The van der Waals surface area contributed by atoms with Crippen LogP contribution in [-0.2, 0) is 11.3 Å². The van der Waals surface area contributed by atoms with Gasteiger partial charge in [-0.2, -0.15) is 0 Å². The van der Waals surface area contributed by atoms with Gasteiger partial charge in [-0.05, 0) is 19.1 Å². The average molecular weight is 327 g/mol. The minimum absolute atomic E-state index is 0.0385. The first kappa shape index (κ1) is 15.0. The highest BCUT2D eigenvalue weighted by Crippen LogP contribution is 2.34. The van der Waals surface area contributed by atoms with Gasteiger partial charge in [-0.1, -0.05) is 6.07 Å². The summed E-state index contributed by atoms with van der Waals surface area (Å²) in [5.74, 6) is 0.420. The van der Waals surface area contributed by atoms with Crippen LogP contribution in [0.15, 0.2) is 30.6 Å². The number of carbonyl (C=O) groups is 1. The molecule has 0 aliphatic carbocycles. The number of aryl methyl sites for hydroxylation is 1. The molecule has 0 radical (unpaired) electrons. The van der Waals surface area contributed by atoms with Crippen molar-refractivity contribution in [1.82, 2.24) is 19.9 Å². The van der Waals surface area contributed by atoms with Crippen LogP contribution in [0.1, 0.15) is 11.4 Å². The fourth-order valence-electron chi connectivity index (χ4n) is 3.60. The Morgan fingerprint density at radius 2 is 2.00 bits per heavy atom. The quantitative estimate of drug-likeness (QED) is 0.853. The first-order valence-electron chi connectivity index (χ1n) is 8.04. The number of likely N-dealkylation sites (tertiary alicyclic amines) is 1. The van der Waals surface area contributed by atoms with Crippen molar-refractivity contribution in [3.63, 3.8) is 0 Å². The van der Waals surface area contributed by atoms with E-state index in [1.54, 1.807) is 0 Å². The van der Waals surface area contributed by atoms with Crippen LogP contribution in [0.25, 0.3) is 0 Å². The highest BCUT2D eigenvalue weighted by atomic mass is 19.1. The van der Waals surface area contributed by atoms with Gasteiger partial charge in [0.25, 0.3) is 0 Å². The number of nitrogens with zero attached hydrogens (tertiary/aromatic N) is 5. The van der Waals surface area contributed by atoms with E-state index in [4.69, 9.17) is 0 Å². The maximum atomic E-state index is 12.9. The van der Waals surface area contributed by atoms with Crippen molar-refractivity contribution < 1.29 is 9.18 Å². The number of anilines is 1. The third kappa shape index (κ3) is 2.70. The maximum absolute atomic E-state index is 12.9. The van der Waals surface area contributed by atoms with Crippen LogP contribution in [0, 0.1) is 24.6 Å². The lowest BCUT2D eigenvalue weighted by Crippen LogP contribution is -2.33. The van der Waals surface area contributed by atoms with Crippen LogP contribution in [0.5, 0.6) is 0 Å². The number of carbonyl (C=O) groups excluding carboxylic acids is 1. The number of aromatic nitrogens is 3. The van der Waals surface area contributed by atoms with Gasteiger partial charge in [-0.3, -0.25) is 9.78 Å². The summed E-state index contributed by atoms with van der Waals surface area (Å²) >= 11 is 0. The number of rotatable bonds is 3. The van der Waals surface area contributed by atoms with Gasteiger partial charge in [0.2, 0.25) is 11.9 Å². The summed E-state index contributed by atoms with van der Waals surface area (Å²) in [4.78, 5) is 29.0. The molecule has 2 aromatic rings. The zero-order chi connectivity index (χ0) is 16.7. The topological polar surface area (TPSA) is 62.2 Å². The molecule has 0 bridgehead atoms. The number of fused-ring (bicyclic) bond motifs is 1. The van der Waals surface area contributed by atoms with Crippen LogP contribution < -0.4 is 4.90 Å². The lowest BCUT2D eigenvalue weighted by atomic mass is 10.0. The largest absolute Gasteiger partial charge is 0.340 e. The molecule has 24 heavy (non-hydrogen) atoms. The fraction of sp³-hybridized carbons (Fsp3) is 0.412. The van der Waals surface area contributed by atoms with Crippen LogP contribution >= 0.6 is 0 Å². The monoisotopic (exact) mass is 327 g/mol. The number of pyridine rings is 1. The Hall–Kier alpha value is -2.57. The molecule has 2 aromatic heterocycles. The molecule has 2 aliphatic heterocycles. The van der Waals surface area contributed by atoms with Gasteiger partial charge in [0.05, 0.1) is 30.6 Å². The molecule has 2 saturated heterocycles. The number of halogens is 1. The number of hydrogen-bond donors (Lipinski definition) is 0. The Morgan fingerprint density at radius 1 is 1.21 bits per heavy atom. The molecule has 4 rings (SSSR count). The summed E-state index contributed by atoms with van der Waals surface area (Å²) in [6.45, 7) is 4.54. The lowest BCUT2D eigenvalue weighted by Gasteiger charge is -2.21. The van der Waals surface area contributed by atoms with Gasteiger partial charge in [-0.25, -0.2) is 14.4 Å². The van der Waals surface area contributed by atoms with Crippen molar-refractivity contribution in [2.75, 3.05) is 24.5 Å². The second kappa shape index (κ2) is 5.81. The standard InChI is InChI=1S/C17H18FN5O/c1-11-3-2-4-14(21-11)9-22-7-12-8-23(10-15(12)16(22)24)17-19-5-13(18)6-20-17/h2-6,12,15H,7-10H2,1H3/t12-,15+/m0/s1. The summed E-state index contributed by atoms with van der Waals surface area (Å²) in [6.07, 6.45) is 2.32. The van der Waals surface area contributed by atoms with Crippen molar-refractivity contribution in [1.29, 1.82) is 0 Å². The van der Waals surface area contributed by atoms with E-state index in [0.717, 1.165) is 36.9 Å². The highest BCUT2D eigenvalue weighted by molar-refractivity contribution is 5.83. The molecule has 7 heteroatoms. The number of amides is 1. The summed E-state index contributed by atoms with van der Waals surface area (Å²) in [5.41, 5.74) is 1.88. The molecule has 1 amide bonds. The maximum Gasteiger partial charge on any atom is 0.228 e. The Kier molecular flexibility index (Phi) is 3.63. The van der Waals surface area contributed by atoms with Crippen molar-refractivity contribution in [2.24, 2.45) is 11.8 Å². The third-order valence-corrected chi connectivity index (χ3v) is 4.71. The second-order valence-electron chi connectivity index (χ2n) is 6.46. The molecule has 2 fully saturated rings. The van der Waals surface area contributed by atoms with Crippen LogP contribution in [0.2, 0.25) is 0 Å². The molecule has 2 atom stereocenters. The van der Waals surface area contributed by atoms with Crippen molar-refractivity contribution >= 4 is 11.9 Å². The van der Waals surface area contributed by atoms with Gasteiger partial charge in [-0.15, -0.1) is 0 Å². The SMILES string of the molecule is Cc1cccc(CN2C[C@H]3CN(c4ncc(F)cn4)C[C@H]3C2=O)n1. The lowest BCUT2D eigenvalue weighted by molar-refractivity contribution is -0.131. The average Bonchev–Trinajstić information content (AvgIpc) is 3.09. The second-order valence-corrected chi connectivity index (χ2v) is 6.46. The van der Waals surface area contributed by atoms with E-state index in [0.29, 0.717) is 19.0 Å². The van der Waals surface area contributed by atoms with Gasteiger partial charge in [0.15, 0.2) is 5.82 Å². The Balaban J connectivity index is 1.44. The van der Waals surface area contributed by atoms with Gasteiger partial charge >= 0.3 is 0 Å². The summed E-state index contributed by atoms with van der Waals surface area (Å²) < 4.78 is 12.9. The van der Waals surface area contributed by atoms with E-state index >= 15 is 0 Å². The highest BCUT2D eigenvalue weighted by Gasteiger charge is 2.46. The van der Waals surface area contributed by atoms with E-state index in [1.165, 1.54) is 0 Å². The first-order chi connectivity index (χ1) is 11.6. The molecule has 0 aromatic carbocycles. The predicted molar refractivity (Wildman–Crippen MR) is 85.6 cm³/mol. The van der Waals surface area contributed by atoms with Crippen LogP contribution in [0.4, 0.5) is 10.3 Å². The van der Waals surface area contributed by atoms with E-state index < -0.39 is 5.82 Å². The zero-order valence-corrected chi connectivity index (χ0v) is 13.4. The Labute approximate surface area is 139 Å². The molecule has 2 aliphatic rings. The minimum atomic E-state index is -0.453. The molecule has 0 N–H and O–H groups in total. The van der Waals surface area contributed by atoms with Crippen LogP contribution in [0.3, 0.4) is 0 Å². The van der Waals surface area contributed by atoms with Crippen molar-refractivity contribution in [2.45, 2.75) is 13.5 Å². The minimum Gasteiger partial charge on any atom is -0.340 e. The first-order valence-corrected chi connectivity index (χ1v) is 8.04. The smallest absolute Gasteiger partial charge is 0.228 e. The Morgan fingerprint density at radius 3 is 2.71 bits per heavy atom. The summed E-state index contributed by atoms with van der Waals surface area (Å²) in [7, 11) is 0. The third-order valence-electron chi connectivity index (χ3n) is 4.71. The summed E-state index contributed by atoms with van der Waals surface area (Å²) in [6, 6.07) is 5.87. The van der Waals surface area contributed by atoms with Crippen molar-refractivity contribution in [3.05, 3.63) is 47.8 Å². The number of hydrogen-bond acceptors (Lipinski definition) is 5. The predicted octanol–water partition coefficient (Wildman–Crippen LogP) is 1.41. The molecular weight excluding hydrogens is 309 g/mol. The van der Waals surface area contributed by atoms with E-state index in [1.807, 2.05) is 34.9 Å². The van der Waals surface area contributed by atoms with Gasteiger partial charge in [0, 0.05) is 31.2 Å². The molecule has 4 heterocycles. The van der Waals surface area contributed by atoms with E-state index in [-0.39, 0.29) is 17.7 Å². The van der Waals surface area contributed by atoms with Gasteiger partial charge < -0.3 is 9.80 Å². The normalized spacial score (nSPS) is 23.0. The molecule has 124 valence electrons. The van der Waals surface area contributed by atoms with Crippen LogP contribution in [-0.4, -0.2) is 45.4 Å². The summed E-state index contributed by atoms with van der Waals surface area (Å²) in [5, 5.41) is 0. The van der Waals surface area contributed by atoms with E-state index in [2.05, 4.69) is 15.0 Å². The van der Waals surface area contributed by atoms with Gasteiger partial charge in [0.1, 0.15) is 0 Å².